The molecule has 2 aromatic heterocycles. The van der Waals surface area contributed by atoms with Gasteiger partial charge < -0.3 is 28.8 Å². The molecular formula is C85H104F2N2O4. The predicted octanol–water partition coefficient (Wildman–Crippen LogP) is 24.1. The average molecular weight is 1260 g/mol. The minimum absolute atomic E-state index is 0.0293. The van der Waals surface area contributed by atoms with E-state index in [4.69, 9.17) is 9.47 Å². The Morgan fingerprint density at radius 1 is 0.355 bits per heavy atom. The number of nitrogens with zero attached hydrogens (tertiary/aromatic N) is 2. The maximum Gasteiger partial charge on any atom is 0.147 e. The molecule has 2 N–H and O–H groups in total. The predicted molar refractivity (Wildman–Crippen MR) is 390 cm³/mol. The number of aryl methyl sites for hydroxylation is 1. The lowest BCUT2D eigenvalue weighted by molar-refractivity contribution is 0.266. The number of aromatic hydroxyl groups is 2. The van der Waals surface area contributed by atoms with Crippen molar-refractivity contribution >= 4 is 43.6 Å². The van der Waals surface area contributed by atoms with Crippen molar-refractivity contribution in [3.8, 4) is 56.6 Å². The van der Waals surface area contributed by atoms with Crippen molar-refractivity contribution in [1.29, 1.82) is 0 Å². The van der Waals surface area contributed by atoms with E-state index in [1.165, 1.54) is 46.5 Å². The molecule has 0 aliphatic heterocycles. The zero-order valence-corrected chi connectivity index (χ0v) is 60.2. The molecule has 0 aliphatic carbocycles. The normalized spacial score (nSPS) is 13.3. The Labute approximate surface area is 554 Å². The first-order valence-electron chi connectivity index (χ1n) is 33.7. The van der Waals surface area contributed by atoms with E-state index in [-0.39, 0.29) is 68.0 Å². The van der Waals surface area contributed by atoms with E-state index in [9.17, 15) is 10.2 Å². The second-order valence-electron chi connectivity index (χ2n) is 34.8. The Bertz CT molecular complexity index is 4360. The maximum absolute atomic E-state index is 16.2. The van der Waals surface area contributed by atoms with Crippen LogP contribution in [0, 0.1) is 29.4 Å². The molecule has 6 nitrogen and oxygen atoms in total. The van der Waals surface area contributed by atoms with Gasteiger partial charge in [-0.3, -0.25) is 0 Å². The molecule has 0 aliphatic rings. The van der Waals surface area contributed by atoms with Crippen LogP contribution in [-0.2, 0) is 32.5 Å². The van der Waals surface area contributed by atoms with Gasteiger partial charge in [-0.25, -0.2) is 8.78 Å². The standard InChI is InChI=1S/C85H104F2N2O4/c1-51-38-59(87)48-67(66-40-57(85(22,23)50-79(5,6)7)46-73(76(66)91)89-70-43-54(82(14,15)16)28-33-62(70)63-34-29-55(44-71(63)89)83(17,18)19)77(51)93-37-25-24-36-92-74-35-30-58(86)47-64(74)65-39-56(84(20,21)49-78(2,3)4)45-72(75(65)90)88-68-41-52(80(8,9)10)26-31-60(68)61-32-27-53(42-69(61)88)81(11,12)13/h26-35,38-48,90-91H,24-25,36-37,49-50H2,1-23H3. The average Bonchev–Trinajstić information content (AvgIpc) is 1.62. The van der Waals surface area contributed by atoms with E-state index >= 15 is 8.78 Å². The number of phenolic OH excluding ortho intramolecular Hbond substituents is 2. The minimum atomic E-state index is -0.445. The van der Waals surface area contributed by atoms with Crippen LogP contribution in [0.5, 0.6) is 23.0 Å². The largest absolute Gasteiger partial charge is 0.505 e. The van der Waals surface area contributed by atoms with Gasteiger partial charge in [-0.15, -0.1) is 0 Å². The summed E-state index contributed by atoms with van der Waals surface area (Å²) in [6.45, 7) is 51.6. The number of ether oxygens (including phenoxy) is 2. The van der Waals surface area contributed by atoms with Gasteiger partial charge in [0.2, 0.25) is 0 Å². The number of halogens is 2. The molecular weight excluding hydrogens is 1150 g/mol. The number of fused-ring (bicyclic) bond motifs is 6. The van der Waals surface area contributed by atoms with Crippen LogP contribution in [0.1, 0.15) is 217 Å². The van der Waals surface area contributed by atoms with Crippen molar-refractivity contribution in [3.05, 3.63) is 178 Å². The van der Waals surface area contributed by atoms with Gasteiger partial charge >= 0.3 is 0 Å². The first kappa shape index (κ1) is 68.3. The van der Waals surface area contributed by atoms with Crippen LogP contribution in [0.2, 0.25) is 0 Å². The van der Waals surface area contributed by atoms with E-state index in [2.05, 4.69) is 246 Å². The van der Waals surface area contributed by atoms with E-state index in [0.717, 1.165) is 67.6 Å². The summed E-state index contributed by atoms with van der Waals surface area (Å²) < 4.78 is 50.2. The monoisotopic (exact) mass is 1250 g/mol. The molecule has 0 atom stereocenters. The number of phenols is 2. The topological polar surface area (TPSA) is 68.8 Å². The Morgan fingerprint density at radius 2 is 0.699 bits per heavy atom. The molecule has 0 saturated carbocycles. The third kappa shape index (κ3) is 14.0. The highest BCUT2D eigenvalue weighted by atomic mass is 19.1. The fourth-order valence-corrected chi connectivity index (χ4v) is 14.6. The van der Waals surface area contributed by atoms with Crippen molar-refractivity contribution in [2.75, 3.05) is 13.2 Å². The van der Waals surface area contributed by atoms with E-state index < -0.39 is 11.6 Å². The number of aromatic nitrogens is 2. The highest BCUT2D eigenvalue weighted by molar-refractivity contribution is 6.11. The van der Waals surface area contributed by atoms with Crippen LogP contribution in [0.4, 0.5) is 8.78 Å². The lowest BCUT2D eigenvalue weighted by Gasteiger charge is -2.34. The molecule has 8 aromatic carbocycles. The fraction of sp³-hybridized carbons (Fsp3) is 0.435. The van der Waals surface area contributed by atoms with Crippen LogP contribution in [0.3, 0.4) is 0 Å². The smallest absolute Gasteiger partial charge is 0.147 e. The summed E-state index contributed by atoms with van der Waals surface area (Å²) >= 11 is 0. The molecule has 0 fully saturated rings. The molecule has 0 amide bonds. The number of rotatable bonds is 15. The van der Waals surface area contributed by atoms with Crippen molar-refractivity contribution in [2.24, 2.45) is 10.8 Å². The van der Waals surface area contributed by atoms with Crippen molar-refractivity contribution in [3.63, 3.8) is 0 Å². The summed E-state index contributed by atoms with van der Waals surface area (Å²) in [5.41, 5.74) is 13.0. The molecule has 492 valence electrons. The summed E-state index contributed by atoms with van der Waals surface area (Å²) in [6, 6.07) is 42.7. The van der Waals surface area contributed by atoms with Gasteiger partial charge in [-0.05, 0) is 194 Å². The van der Waals surface area contributed by atoms with Crippen molar-refractivity contribution < 1.29 is 28.5 Å². The van der Waals surface area contributed by atoms with Gasteiger partial charge in [0.05, 0.1) is 46.7 Å². The van der Waals surface area contributed by atoms with Gasteiger partial charge in [0.15, 0.2) is 0 Å². The van der Waals surface area contributed by atoms with Gasteiger partial charge in [-0.2, -0.15) is 0 Å². The molecule has 10 rings (SSSR count). The molecule has 0 bridgehead atoms. The zero-order chi connectivity index (χ0) is 68.2. The van der Waals surface area contributed by atoms with E-state index in [1.54, 1.807) is 6.07 Å². The van der Waals surface area contributed by atoms with E-state index in [1.807, 2.05) is 19.1 Å². The minimum Gasteiger partial charge on any atom is -0.505 e. The third-order valence-corrected chi connectivity index (χ3v) is 19.0. The SMILES string of the molecule is Cc1cc(F)cc(-c2cc(C(C)(C)CC(C)(C)C)cc(-n3c4cc(C(C)(C)C)ccc4c4ccc(C(C)(C)C)cc43)c2O)c1OCCCCOc1ccc(F)cc1-c1cc(C(C)(C)CC(C)(C)C)cc(-n2c3cc(C(C)(C)C)ccc3c3ccc(C(C)(C)C)cc32)c1O. The molecule has 0 radical (unpaired) electrons. The van der Waals surface area contributed by atoms with Crippen molar-refractivity contribution in [1.82, 2.24) is 9.13 Å². The molecule has 0 unspecified atom stereocenters. The van der Waals surface area contributed by atoms with Gasteiger partial charge in [-0.1, -0.05) is 201 Å². The van der Waals surface area contributed by atoms with Gasteiger partial charge in [0, 0.05) is 43.8 Å². The second-order valence-corrected chi connectivity index (χ2v) is 34.8. The molecule has 8 heteroatoms. The molecule has 10 aromatic rings. The Hall–Kier alpha value is -7.58. The maximum atomic E-state index is 16.2. The number of hydrogen-bond acceptors (Lipinski definition) is 4. The summed E-state index contributed by atoms with van der Waals surface area (Å²) in [5.74, 6) is 0.124. The Morgan fingerprint density at radius 3 is 1.05 bits per heavy atom. The van der Waals surface area contributed by atoms with E-state index in [0.29, 0.717) is 63.5 Å². The second kappa shape index (κ2) is 24.0. The highest BCUT2D eigenvalue weighted by Crippen LogP contribution is 2.51. The Kier molecular flexibility index (Phi) is 17.6. The van der Waals surface area contributed by atoms with Crippen LogP contribution in [-0.4, -0.2) is 32.6 Å². The fourth-order valence-electron chi connectivity index (χ4n) is 14.6. The lowest BCUT2D eigenvalue weighted by Crippen LogP contribution is -2.25. The van der Waals surface area contributed by atoms with Gasteiger partial charge in [0.1, 0.15) is 34.6 Å². The zero-order valence-electron chi connectivity index (χ0n) is 60.2. The summed E-state index contributed by atoms with van der Waals surface area (Å²) in [4.78, 5) is 0. The van der Waals surface area contributed by atoms with Gasteiger partial charge in [0.25, 0.3) is 0 Å². The first-order valence-corrected chi connectivity index (χ1v) is 33.7. The quantitative estimate of drug-likeness (QED) is 0.100. The molecule has 2 heterocycles. The lowest BCUT2D eigenvalue weighted by atomic mass is 9.71. The van der Waals surface area contributed by atoms with Crippen LogP contribution >= 0.6 is 0 Å². The number of unbranched alkanes of at least 4 members (excludes halogenated alkanes) is 1. The molecule has 0 saturated heterocycles. The first-order chi connectivity index (χ1) is 42.9. The summed E-state index contributed by atoms with van der Waals surface area (Å²) in [7, 11) is 0. The molecule has 93 heavy (non-hydrogen) atoms. The number of benzene rings is 8. The van der Waals surface area contributed by atoms with Crippen LogP contribution in [0.25, 0.3) is 77.2 Å². The van der Waals surface area contributed by atoms with Crippen LogP contribution < -0.4 is 9.47 Å². The number of hydrogen-bond donors (Lipinski definition) is 2. The summed E-state index contributed by atoms with van der Waals surface area (Å²) in [6.07, 6.45) is 2.80. The Balaban J connectivity index is 1.02. The van der Waals surface area contributed by atoms with Crippen molar-refractivity contribution in [2.45, 2.75) is 217 Å². The summed E-state index contributed by atoms with van der Waals surface area (Å²) in [5, 5.41) is 30.6. The third-order valence-electron chi connectivity index (χ3n) is 19.0. The van der Waals surface area contributed by atoms with Crippen LogP contribution in [0.15, 0.2) is 127 Å². The highest BCUT2D eigenvalue weighted by Gasteiger charge is 2.34. The molecule has 0 spiro atoms.